The van der Waals surface area contributed by atoms with Gasteiger partial charge in [0, 0.05) is 57.2 Å². The van der Waals surface area contributed by atoms with Crippen molar-refractivity contribution < 1.29 is 5.11 Å². The summed E-state index contributed by atoms with van der Waals surface area (Å²) in [5.74, 6) is 0.767. The maximum Gasteiger partial charge on any atom is 0.225 e. The molecule has 6 nitrogen and oxygen atoms in total. The fourth-order valence-corrected chi connectivity index (χ4v) is 3.66. The van der Waals surface area contributed by atoms with Gasteiger partial charge >= 0.3 is 0 Å². The molecule has 6 heteroatoms. The molecule has 0 aliphatic carbocycles. The molecule has 0 saturated carbocycles. The summed E-state index contributed by atoms with van der Waals surface area (Å²) in [6.45, 7) is 10.0. The molecule has 3 rings (SSSR count). The van der Waals surface area contributed by atoms with Gasteiger partial charge in [-0.2, -0.15) is 0 Å². The van der Waals surface area contributed by atoms with Crippen LogP contribution in [0.4, 0.5) is 5.95 Å². The van der Waals surface area contributed by atoms with E-state index >= 15 is 0 Å². The maximum absolute atomic E-state index is 10.6. The van der Waals surface area contributed by atoms with Crippen LogP contribution in [0.1, 0.15) is 24.6 Å². The minimum Gasteiger partial charge on any atom is -0.390 e. The third kappa shape index (κ3) is 3.65. The first-order chi connectivity index (χ1) is 11.1. The summed E-state index contributed by atoms with van der Waals surface area (Å²) in [7, 11) is 2.16. The summed E-state index contributed by atoms with van der Waals surface area (Å²) >= 11 is 0. The van der Waals surface area contributed by atoms with Crippen LogP contribution in [-0.4, -0.2) is 83.3 Å². The molecule has 0 unspecified atom stereocenters. The molecule has 1 aromatic heterocycles. The molecule has 0 amide bonds. The molecule has 2 atom stereocenters. The fourth-order valence-electron chi connectivity index (χ4n) is 3.66. The number of β-amino-alcohol motifs (C(OH)–C–C–N with tert-alkyl or cyclic N) is 1. The van der Waals surface area contributed by atoms with E-state index in [1.54, 1.807) is 0 Å². The Hall–Kier alpha value is -1.24. The minimum atomic E-state index is -0.331. The van der Waals surface area contributed by atoms with Gasteiger partial charge in [-0.1, -0.05) is 6.92 Å². The van der Waals surface area contributed by atoms with E-state index in [0.717, 1.165) is 62.8 Å². The summed E-state index contributed by atoms with van der Waals surface area (Å²) in [5, 5.41) is 10.6. The number of aryl methyl sites for hydroxylation is 2. The van der Waals surface area contributed by atoms with E-state index in [1.807, 2.05) is 6.20 Å². The van der Waals surface area contributed by atoms with Gasteiger partial charge in [0.2, 0.25) is 5.95 Å². The van der Waals surface area contributed by atoms with Crippen LogP contribution < -0.4 is 4.90 Å². The maximum atomic E-state index is 10.6. The first-order valence-electron chi connectivity index (χ1n) is 8.76. The SMILES string of the molecule is CCc1nc(N2CC[C@@H](N3CCN(C)CC3)[C@H](O)C2)ncc1C. The van der Waals surface area contributed by atoms with E-state index in [-0.39, 0.29) is 12.1 Å². The number of aliphatic hydroxyl groups is 1. The van der Waals surface area contributed by atoms with E-state index in [1.165, 1.54) is 0 Å². The predicted molar refractivity (Wildman–Crippen MR) is 91.8 cm³/mol. The number of rotatable bonds is 3. The van der Waals surface area contributed by atoms with E-state index in [2.05, 4.69) is 45.6 Å². The highest BCUT2D eigenvalue weighted by atomic mass is 16.3. The van der Waals surface area contributed by atoms with Crippen LogP contribution in [-0.2, 0) is 6.42 Å². The molecule has 0 radical (unpaired) electrons. The van der Waals surface area contributed by atoms with Crippen molar-refractivity contribution in [3.8, 4) is 0 Å². The molecule has 128 valence electrons. The molecule has 2 fully saturated rings. The van der Waals surface area contributed by atoms with E-state index in [9.17, 15) is 5.11 Å². The smallest absolute Gasteiger partial charge is 0.225 e. The number of nitrogens with zero attached hydrogens (tertiary/aromatic N) is 5. The number of aromatic nitrogens is 2. The van der Waals surface area contributed by atoms with Crippen LogP contribution in [0.5, 0.6) is 0 Å². The Labute approximate surface area is 139 Å². The number of piperidine rings is 1. The lowest BCUT2D eigenvalue weighted by molar-refractivity contribution is 0.0136. The molecular formula is C17H29N5O. The average Bonchev–Trinajstić information content (AvgIpc) is 2.56. The van der Waals surface area contributed by atoms with Crippen LogP contribution in [0, 0.1) is 6.92 Å². The molecule has 1 N–H and O–H groups in total. The van der Waals surface area contributed by atoms with Gasteiger partial charge in [-0.25, -0.2) is 9.97 Å². The van der Waals surface area contributed by atoms with Crippen molar-refractivity contribution in [3.63, 3.8) is 0 Å². The lowest BCUT2D eigenvalue weighted by atomic mass is 9.99. The van der Waals surface area contributed by atoms with Gasteiger partial charge < -0.3 is 14.9 Å². The standard InChI is InChI=1S/C17H29N5O/c1-4-14-13(2)11-18-17(19-14)22-6-5-15(16(23)12-22)21-9-7-20(3)8-10-21/h11,15-16,23H,4-10,12H2,1-3H3/t15-,16-/m1/s1. The highest BCUT2D eigenvalue weighted by molar-refractivity contribution is 5.34. The Morgan fingerprint density at radius 2 is 1.96 bits per heavy atom. The van der Waals surface area contributed by atoms with Gasteiger partial charge in [0.05, 0.1) is 6.10 Å². The highest BCUT2D eigenvalue weighted by Gasteiger charge is 2.34. The number of aliphatic hydroxyl groups excluding tert-OH is 1. The van der Waals surface area contributed by atoms with E-state index in [4.69, 9.17) is 0 Å². The number of hydrogen-bond donors (Lipinski definition) is 1. The van der Waals surface area contributed by atoms with Crippen molar-refractivity contribution in [1.29, 1.82) is 0 Å². The lowest BCUT2D eigenvalue weighted by Crippen LogP contribution is -2.58. The van der Waals surface area contributed by atoms with Crippen LogP contribution in [0.25, 0.3) is 0 Å². The third-order valence-electron chi connectivity index (χ3n) is 5.23. The zero-order valence-electron chi connectivity index (χ0n) is 14.6. The normalized spacial score (nSPS) is 27.4. The average molecular weight is 319 g/mol. The van der Waals surface area contributed by atoms with Gasteiger partial charge in [0.25, 0.3) is 0 Å². The van der Waals surface area contributed by atoms with E-state index < -0.39 is 0 Å². The van der Waals surface area contributed by atoms with Gasteiger partial charge in [-0.05, 0) is 32.4 Å². The largest absolute Gasteiger partial charge is 0.390 e. The zero-order chi connectivity index (χ0) is 16.4. The monoisotopic (exact) mass is 319 g/mol. The number of piperazine rings is 1. The first-order valence-corrected chi connectivity index (χ1v) is 8.76. The van der Waals surface area contributed by atoms with E-state index in [0.29, 0.717) is 6.54 Å². The van der Waals surface area contributed by atoms with Crippen molar-refractivity contribution in [3.05, 3.63) is 17.5 Å². The van der Waals surface area contributed by atoms with Crippen LogP contribution in [0.3, 0.4) is 0 Å². The summed E-state index contributed by atoms with van der Waals surface area (Å²) < 4.78 is 0. The molecule has 2 aliphatic heterocycles. The molecule has 0 bridgehead atoms. The number of anilines is 1. The molecule has 2 saturated heterocycles. The summed E-state index contributed by atoms with van der Waals surface area (Å²) in [5.41, 5.74) is 2.25. The first kappa shape index (κ1) is 16.6. The van der Waals surface area contributed by atoms with Gasteiger partial charge in [-0.15, -0.1) is 0 Å². The van der Waals surface area contributed by atoms with Gasteiger partial charge in [-0.3, -0.25) is 4.90 Å². The van der Waals surface area contributed by atoms with Crippen molar-refractivity contribution in [2.24, 2.45) is 0 Å². The molecule has 3 heterocycles. The second kappa shape index (κ2) is 7.11. The lowest BCUT2D eigenvalue weighted by Gasteiger charge is -2.44. The van der Waals surface area contributed by atoms with Crippen LogP contribution in [0.2, 0.25) is 0 Å². The molecule has 0 aromatic carbocycles. The Morgan fingerprint density at radius 3 is 2.61 bits per heavy atom. The topological polar surface area (TPSA) is 55.7 Å². The van der Waals surface area contributed by atoms with Crippen molar-refractivity contribution >= 4 is 5.95 Å². The fraction of sp³-hybridized carbons (Fsp3) is 0.765. The Morgan fingerprint density at radius 1 is 1.22 bits per heavy atom. The highest BCUT2D eigenvalue weighted by Crippen LogP contribution is 2.22. The molecule has 0 spiro atoms. The number of hydrogen-bond acceptors (Lipinski definition) is 6. The second-order valence-corrected chi connectivity index (χ2v) is 6.86. The summed E-state index contributed by atoms with van der Waals surface area (Å²) in [4.78, 5) is 16.1. The molecule has 2 aliphatic rings. The zero-order valence-corrected chi connectivity index (χ0v) is 14.6. The third-order valence-corrected chi connectivity index (χ3v) is 5.23. The van der Waals surface area contributed by atoms with Crippen molar-refractivity contribution in [2.75, 3.05) is 51.2 Å². The number of likely N-dealkylation sites (N-methyl/N-ethyl adjacent to an activating group) is 1. The van der Waals surface area contributed by atoms with Crippen molar-refractivity contribution in [1.82, 2.24) is 19.8 Å². The molecule has 23 heavy (non-hydrogen) atoms. The molecular weight excluding hydrogens is 290 g/mol. The van der Waals surface area contributed by atoms with Crippen molar-refractivity contribution in [2.45, 2.75) is 38.8 Å². The summed E-state index contributed by atoms with van der Waals surface area (Å²) in [6, 6.07) is 0.274. The quantitative estimate of drug-likeness (QED) is 0.877. The van der Waals surface area contributed by atoms with Crippen LogP contribution >= 0.6 is 0 Å². The van der Waals surface area contributed by atoms with Gasteiger partial charge in [0.1, 0.15) is 0 Å². The Kier molecular flexibility index (Phi) is 5.14. The Balaban J connectivity index is 1.64. The van der Waals surface area contributed by atoms with Gasteiger partial charge in [0.15, 0.2) is 0 Å². The second-order valence-electron chi connectivity index (χ2n) is 6.86. The Bertz CT molecular complexity index is 530. The van der Waals surface area contributed by atoms with Crippen LogP contribution in [0.15, 0.2) is 6.20 Å². The minimum absolute atomic E-state index is 0.274. The summed E-state index contributed by atoms with van der Waals surface area (Å²) in [6.07, 6.45) is 3.47. The predicted octanol–water partition coefficient (Wildman–Crippen LogP) is 0.534. The molecule has 1 aromatic rings.